The van der Waals surface area contributed by atoms with Gasteiger partial charge in [0.25, 0.3) is 0 Å². The van der Waals surface area contributed by atoms with Crippen LogP contribution in [0.1, 0.15) is 56.6 Å². The molecule has 0 saturated heterocycles. The number of fused-ring (bicyclic) bond motifs is 1. The Kier molecular flexibility index (Phi) is 7.46. The molecule has 0 aliphatic carbocycles. The van der Waals surface area contributed by atoms with Crippen molar-refractivity contribution in [2.24, 2.45) is 0 Å². The number of hydrogen-bond acceptors (Lipinski definition) is 2. The second-order valence-corrected chi connectivity index (χ2v) is 7.07. The van der Waals surface area contributed by atoms with E-state index in [1.807, 2.05) is 12.3 Å². The highest BCUT2D eigenvalue weighted by Crippen LogP contribution is 2.19. The van der Waals surface area contributed by atoms with Crippen LogP contribution in [0.15, 0.2) is 60.8 Å². The number of unbranched alkanes of at least 4 members (excludes halogenated alkanes) is 5. The van der Waals surface area contributed by atoms with Gasteiger partial charge in [0, 0.05) is 23.8 Å². The van der Waals surface area contributed by atoms with Gasteiger partial charge in [0.15, 0.2) is 0 Å². The van der Waals surface area contributed by atoms with E-state index in [4.69, 9.17) is 0 Å². The van der Waals surface area contributed by atoms with Crippen LogP contribution in [-0.4, -0.2) is 11.5 Å². The highest BCUT2D eigenvalue weighted by atomic mass is 14.9. The molecule has 27 heavy (non-hydrogen) atoms. The van der Waals surface area contributed by atoms with Crippen molar-refractivity contribution in [2.45, 2.75) is 45.4 Å². The molecule has 0 unspecified atom stereocenters. The summed E-state index contributed by atoms with van der Waals surface area (Å²) in [6, 6.07) is 19.0. The molecule has 1 aromatic heterocycles. The summed E-state index contributed by atoms with van der Waals surface area (Å²) in [5.74, 6) is 0. The van der Waals surface area contributed by atoms with Crippen LogP contribution in [0.25, 0.3) is 23.1 Å². The van der Waals surface area contributed by atoms with Crippen LogP contribution in [-0.2, 0) is 0 Å². The molecule has 0 fully saturated rings. The lowest BCUT2D eigenvalue weighted by Gasteiger charge is -2.07. The van der Waals surface area contributed by atoms with Crippen LogP contribution in [0.5, 0.6) is 0 Å². The van der Waals surface area contributed by atoms with Gasteiger partial charge >= 0.3 is 0 Å². The van der Waals surface area contributed by atoms with Gasteiger partial charge in [0.1, 0.15) is 0 Å². The Labute approximate surface area is 163 Å². The zero-order chi connectivity index (χ0) is 18.7. The van der Waals surface area contributed by atoms with E-state index in [-0.39, 0.29) is 0 Å². The van der Waals surface area contributed by atoms with Crippen molar-refractivity contribution < 1.29 is 0 Å². The number of nitrogens with one attached hydrogen (secondary N) is 1. The van der Waals surface area contributed by atoms with Crippen LogP contribution >= 0.6 is 0 Å². The predicted molar refractivity (Wildman–Crippen MR) is 119 cm³/mol. The number of para-hydroxylation sites is 1. The van der Waals surface area contributed by atoms with Gasteiger partial charge in [-0.2, -0.15) is 0 Å². The quantitative estimate of drug-likeness (QED) is 0.388. The van der Waals surface area contributed by atoms with E-state index in [1.165, 1.54) is 60.7 Å². The molecule has 0 amide bonds. The van der Waals surface area contributed by atoms with E-state index >= 15 is 0 Å². The van der Waals surface area contributed by atoms with Crippen molar-refractivity contribution in [3.8, 4) is 0 Å². The minimum Gasteiger partial charge on any atom is -0.385 e. The van der Waals surface area contributed by atoms with Crippen LogP contribution in [0.2, 0.25) is 0 Å². The third-order valence-electron chi connectivity index (χ3n) is 4.91. The molecule has 0 bridgehead atoms. The van der Waals surface area contributed by atoms with Crippen molar-refractivity contribution in [1.29, 1.82) is 0 Å². The second-order valence-electron chi connectivity index (χ2n) is 7.07. The number of aromatic nitrogens is 1. The predicted octanol–water partition coefficient (Wildman–Crippen LogP) is 7.18. The number of anilines is 1. The molecular formula is C25H30N2. The molecule has 2 aromatic carbocycles. The fourth-order valence-electron chi connectivity index (χ4n) is 3.30. The Hall–Kier alpha value is -2.61. The molecule has 140 valence electrons. The molecule has 0 aliphatic heterocycles. The maximum atomic E-state index is 4.42. The molecule has 0 aliphatic rings. The zero-order valence-electron chi connectivity index (χ0n) is 16.3. The van der Waals surface area contributed by atoms with Crippen LogP contribution in [0.4, 0.5) is 5.69 Å². The van der Waals surface area contributed by atoms with E-state index in [0.29, 0.717) is 0 Å². The molecule has 3 aromatic rings. The Morgan fingerprint density at radius 2 is 1.59 bits per heavy atom. The van der Waals surface area contributed by atoms with E-state index in [1.54, 1.807) is 0 Å². The monoisotopic (exact) mass is 358 g/mol. The van der Waals surface area contributed by atoms with Gasteiger partial charge in [-0.05, 0) is 41.8 Å². The first-order valence-corrected chi connectivity index (χ1v) is 10.2. The van der Waals surface area contributed by atoms with Gasteiger partial charge in [0.2, 0.25) is 0 Å². The van der Waals surface area contributed by atoms with Gasteiger partial charge < -0.3 is 5.32 Å². The SMILES string of the molecule is CCCCCCCCNc1ccc(/C=C/c2ccnc3ccccc23)cc1. The van der Waals surface area contributed by atoms with Crippen molar-refractivity contribution in [2.75, 3.05) is 11.9 Å². The average molecular weight is 359 g/mol. The summed E-state index contributed by atoms with van der Waals surface area (Å²) in [5.41, 5.74) is 4.65. The van der Waals surface area contributed by atoms with E-state index < -0.39 is 0 Å². The molecule has 3 rings (SSSR count). The first-order valence-electron chi connectivity index (χ1n) is 10.2. The minimum absolute atomic E-state index is 1.04. The highest BCUT2D eigenvalue weighted by Gasteiger charge is 1.98. The van der Waals surface area contributed by atoms with E-state index in [0.717, 1.165) is 12.1 Å². The number of pyridine rings is 1. The summed E-state index contributed by atoms with van der Waals surface area (Å²) in [4.78, 5) is 4.42. The van der Waals surface area contributed by atoms with Gasteiger partial charge in [-0.15, -0.1) is 0 Å². The van der Waals surface area contributed by atoms with Crippen molar-refractivity contribution >= 4 is 28.7 Å². The lowest BCUT2D eigenvalue weighted by Crippen LogP contribution is -2.01. The van der Waals surface area contributed by atoms with E-state index in [9.17, 15) is 0 Å². The average Bonchev–Trinajstić information content (AvgIpc) is 2.72. The molecule has 1 heterocycles. The topological polar surface area (TPSA) is 24.9 Å². The van der Waals surface area contributed by atoms with Crippen LogP contribution in [0, 0.1) is 0 Å². The summed E-state index contributed by atoms with van der Waals surface area (Å²) < 4.78 is 0. The first kappa shape index (κ1) is 19.2. The summed E-state index contributed by atoms with van der Waals surface area (Å²) in [6.45, 7) is 3.32. The molecule has 0 spiro atoms. The van der Waals surface area contributed by atoms with Gasteiger partial charge in [-0.1, -0.05) is 81.5 Å². The van der Waals surface area contributed by atoms with Crippen LogP contribution in [0.3, 0.4) is 0 Å². The fraction of sp³-hybridized carbons (Fsp3) is 0.320. The van der Waals surface area contributed by atoms with E-state index in [2.05, 4.69) is 77.9 Å². The molecule has 0 radical (unpaired) electrons. The summed E-state index contributed by atoms with van der Waals surface area (Å²) in [7, 11) is 0. The van der Waals surface area contributed by atoms with Gasteiger partial charge in [0.05, 0.1) is 5.52 Å². The number of hydrogen-bond donors (Lipinski definition) is 1. The minimum atomic E-state index is 1.04. The largest absolute Gasteiger partial charge is 0.385 e. The Bertz CT molecular complexity index is 844. The normalized spacial score (nSPS) is 11.3. The van der Waals surface area contributed by atoms with Gasteiger partial charge in [-0.25, -0.2) is 0 Å². The Morgan fingerprint density at radius 1 is 0.815 bits per heavy atom. The smallest absolute Gasteiger partial charge is 0.0707 e. The zero-order valence-corrected chi connectivity index (χ0v) is 16.3. The van der Waals surface area contributed by atoms with Crippen molar-refractivity contribution in [3.63, 3.8) is 0 Å². The summed E-state index contributed by atoms with van der Waals surface area (Å²) in [5, 5.41) is 4.72. The molecule has 0 saturated carbocycles. The maximum Gasteiger partial charge on any atom is 0.0707 e. The summed E-state index contributed by atoms with van der Waals surface area (Å²) in [6.07, 6.45) is 14.2. The van der Waals surface area contributed by atoms with Crippen molar-refractivity contribution in [1.82, 2.24) is 4.98 Å². The Balaban J connectivity index is 1.51. The lowest BCUT2D eigenvalue weighted by molar-refractivity contribution is 0.617. The van der Waals surface area contributed by atoms with Gasteiger partial charge in [-0.3, -0.25) is 4.98 Å². The number of benzene rings is 2. The van der Waals surface area contributed by atoms with Crippen molar-refractivity contribution in [3.05, 3.63) is 71.9 Å². The fourth-order valence-corrected chi connectivity index (χ4v) is 3.30. The standard InChI is InChI=1S/C25H30N2/c1-2-3-4-5-6-9-19-26-23-16-13-21(14-17-23)12-15-22-18-20-27-25-11-8-7-10-24(22)25/h7-8,10-18,20,26H,2-6,9,19H2,1H3/b15-12+. The number of nitrogens with zero attached hydrogens (tertiary/aromatic N) is 1. The Morgan fingerprint density at radius 3 is 2.44 bits per heavy atom. The first-order chi connectivity index (χ1) is 13.4. The number of rotatable bonds is 10. The summed E-state index contributed by atoms with van der Waals surface area (Å²) >= 11 is 0. The molecular weight excluding hydrogens is 328 g/mol. The maximum absolute atomic E-state index is 4.42. The lowest BCUT2D eigenvalue weighted by atomic mass is 10.1. The molecule has 0 atom stereocenters. The third-order valence-corrected chi connectivity index (χ3v) is 4.91. The highest BCUT2D eigenvalue weighted by molar-refractivity contribution is 5.90. The molecule has 2 heteroatoms. The third kappa shape index (κ3) is 5.96. The molecule has 2 nitrogen and oxygen atoms in total. The van der Waals surface area contributed by atoms with Crippen LogP contribution < -0.4 is 5.32 Å². The second kappa shape index (κ2) is 10.5. The molecule has 1 N–H and O–H groups in total.